The van der Waals surface area contributed by atoms with E-state index in [0.29, 0.717) is 17.5 Å². The number of aryl methyl sites for hydroxylation is 1. The van der Waals surface area contributed by atoms with E-state index in [2.05, 4.69) is 9.97 Å². The zero-order valence-corrected chi connectivity index (χ0v) is 8.91. The molecule has 4 nitrogen and oxygen atoms in total. The maximum atomic E-state index is 11.6. The van der Waals surface area contributed by atoms with Crippen molar-refractivity contribution in [3.63, 3.8) is 0 Å². The fraction of sp³-hybridized carbons (Fsp3) is 0.167. The third-order valence-corrected chi connectivity index (χ3v) is 2.42. The Morgan fingerprint density at radius 3 is 2.50 bits per heavy atom. The van der Waals surface area contributed by atoms with Crippen LogP contribution in [0.3, 0.4) is 0 Å². The summed E-state index contributed by atoms with van der Waals surface area (Å²) in [6.45, 7) is 1.82. The van der Waals surface area contributed by atoms with E-state index in [0.717, 1.165) is 5.69 Å². The van der Waals surface area contributed by atoms with Crippen molar-refractivity contribution in [2.45, 2.75) is 13.3 Å². The van der Waals surface area contributed by atoms with Crippen molar-refractivity contribution in [2.24, 2.45) is 0 Å². The molecule has 2 heterocycles. The van der Waals surface area contributed by atoms with Crippen LogP contribution in [0, 0.1) is 6.92 Å². The molecular formula is C12H12N2O2. The zero-order chi connectivity index (χ0) is 11.5. The van der Waals surface area contributed by atoms with E-state index in [1.165, 1.54) is 0 Å². The Hall–Kier alpha value is -2.10. The molecule has 2 aromatic heterocycles. The molecule has 0 radical (unpaired) electrons. The van der Waals surface area contributed by atoms with E-state index >= 15 is 0 Å². The minimum absolute atomic E-state index is 0.136. The summed E-state index contributed by atoms with van der Waals surface area (Å²) in [7, 11) is 0. The zero-order valence-electron chi connectivity index (χ0n) is 8.91. The molecule has 0 atom stereocenters. The van der Waals surface area contributed by atoms with Gasteiger partial charge in [0.05, 0.1) is 0 Å². The topological polar surface area (TPSA) is 65.7 Å². The van der Waals surface area contributed by atoms with Gasteiger partial charge in [-0.2, -0.15) is 0 Å². The molecule has 0 saturated carbocycles. The van der Waals surface area contributed by atoms with Crippen molar-refractivity contribution < 1.29 is 0 Å². The molecule has 16 heavy (non-hydrogen) atoms. The molecule has 0 aliphatic rings. The first-order valence-corrected chi connectivity index (χ1v) is 5.02. The number of aromatic nitrogens is 2. The van der Waals surface area contributed by atoms with E-state index in [4.69, 9.17) is 0 Å². The molecule has 4 heteroatoms. The number of H-pyrrole nitrogens is 2. The highest BCUT2D eigenvalue weighted by Gasteiger charge is 2.04. The highest BCUT2D eigenvalue weighted by atomic mass is 16.1. The first-order chi connectivity index (χ1) is 7.66. The van der Waals surface area contributed by atoms with Gasteiger partial charge in [-0.25, -0.2) is 0 Å². The molecule has 0 bridgehead atoms. The highest BCUT2D eigenvalue weighted by Crippen LogP contribution is 2.00. The van der Waals surface area contributed by atoms with Crippen LogP contribution in [0.5, 0.6) is 0 Å². The summed E-state index contributed by atoms with van der Waals surface area (Å²) >= 11 is 0. The van der Waals surface area contributed by atoms with Gasteiger partial charge in [-0.3, -0.25) is 9.59 Å². The molecule has 0 unspecified atom stereocenters. The van der Waals surface area contributed by atoms with Crippen LogP contribution in [0.1, 0.15) is 16.8 Å². The highest BCUT2D eigenvalue weighted by molar-refractivity contribution is 5.22. The second-order valence-electron chi connectivity index (χ2n) is 3.70. The van der Waals surface area contributed by atoms with E-state index < -0.39 is 0 Å². The van der Waals surface area contributed by atoms with Crippen LogP contribution in [-0.2, 0) is 6.42 Å². The lowest BCUT2D eigenvalue weighted by Gasteiger charge is -2.00. The smallest absolute Gasteiger partial charge is 0.251 e. The molecule has 0 saturated heterocycles. The number of pyridine rings is 2. The van der Waals surface area contributed by atoms with E-state index in [1.807, 2.05) is 13.0 Å². The average molecular weight is 216 g/mol. The predicted octanol–water partition coefficient (Wildman–Crippen LogP) is 0.962. The van der Waals surface area contributed by atoms with Crippen molar-refractivity contribution in [3.05, 3.63) is 68.0 Å². The van der Waals surface area contributed by atoms with Crippen molar-refractivity contribution in [1.29, 1.82) is 0 Å². The monoisotopic (exact) mass is 216 g/mol. The molecule has 0 aliphatic carbocycles. The fourth-order valence-corrected chi connectivity index (χ4v) is 1.54. The number of hydrogen-bond acceptors (Lipinski definition) is 2. The van der Waals surface area contributed by atoms with Gasteiger partial charge in [-0.05, 0) is 19.1 Å². The molecular weight excluding hydrogens is 204 g/mol. The van der Waals surface area contributed by atoms with Gasteiger partial charge in [0, 0.05) is 29.4 Å². The van der Waals surface area contributed by atoms with Gasteiger partial charge in [0.25, 0.3) is 11.1 Å². The summed E-state index contributed by atoms with van der Waals surface area (Å²) in [5.41, 5.74) is 1.72. The van der Waals surface area contributed by atoms with Crippen LogP contribution in [-0.4, -0.2) is 9.97 Å². The summed E-state index contributed by atoms with van der Waals surface area (Å²) in [5.74, 6) is 0. The number of nitrogens with one attached hydrogen (secondary N) is 2. The molecule has 0 fully saturated rings. The van der Waals surface area contributed by atoms with Crippen LogP contribution < -0.4 is 11.1 Å². The lowest BCUT2D eigenvalue weighted by molar-refractivity contribution is 1.03. The molecule has 2 N–H and O–H groups in total. The minimum atomic E-state index is -0.150. The van der Waals surface area contributed by atoms with E-state index in [9.17, 15) is 9.59 Å². The van der Waals surface area contributed by atoms with Crippen LogP contribution in [0.25, 0.3) is 0 Å². The maximum absolute atomic E-state index is 11.6. The first kappa shape index (κ1) is 10.4. The summed E-state index contributed by atoms with van der Waals surface area (Å²) in [5, 5.41) is 0. The van der Waals surface area contributed by atoms with Crippen molar-refractivity contribution in [3.8, 4) is 0 Å². The Morgan fingerprint density at radius 2 is 1.81 bits per heavy atom. The van der Waals surface area contributed by atoms with Crippen LogP contribution in [0.2, 0.25) is 0 Å². The normalized spacial score (nSPS) is 10.3. The molecule has 82 valence electrons. The maximum Gasteiger partial charge on any atom is 0.251 e. The largest absolute Gasteiger partial charge is 0.329 e. The van der Waals surface area contributed by atoms with E-state index in [1.54, 1.807) is 24.4 Å². The van der Waals surface area contributed by atoms with Gasteiger partial charge in [0.2, 0.25) is 0 Å². The van der Waals surface area contributed by atoms with Crippen molar-refractivity contribution in [2.75, 3.05) is 0 Å². The van der Waals surface area contributed by atoms with Gasteiger partial charge in [-0.1, -0.05) is 12.1 Å². The number of aromatic amines is 2. The van der Waals surface area contributed by atoms with Crippen LogP contribution >= 0.6 is 0 Å². The predicted molar refractivity (Wildman–Crippen MR) is 61.7 cm³/mol. The summed E-state index contributed by atoms with van der Waals surface area (Å²) in [6, 6.07) is 7.05. The second kappa shape index (κ2) is 4.18. The molecule has 2 rings (SSSR count). The lowest BCUT2D eigenvalue weighted by Crippen LogP contribution is -2.18. The van der Waals surface area contributed by atoms with Crippen molar-refractivity contribution >= 4 is 0 Å². The van der Waals surface area contributed by atoms with Gasteiger partial charge < -0.3 is 9.97 Å². The quantitative estimate of drug-likeness (QED) is 0.785. The molecule has 0 aliphatic heterocycles. The van der Waals surface area contributed by atoms with Crippen molar-refractivity contribution in [1.82, 2.24) is 9.97 Å². The molecule has 0 spiro atoms. The fourth-order valence-electron chi connectivity index (χ4n) is 1.54. The van der Waals surface area contributed by atoms with Gasteiger partial charge in [-0.15, -0.1) is 0 Å². The lowest BCUT2D eigenvalue weighted by atomic mass is 10.1. The third kappa shape index (κ3) is 2.11. The summed E-state index contributed by atoms with van der Waals surface area (Å²) in [6.07, 6.45) is 1.93. The Labute approximate surface area is 92.0 Å². The Bertz CT molecular complexity index is 611. The average Bonchev–Trinajstić information content (AvgIpc) is 2.25. The minimum Gasteiger partial charge on any atom is -0.329 e. The Morgan fingerprint density at radius 1 is 1.06 bits per heavy atom. The summed E-state index contributed by atoms with van der Waals surface area (Å²) < 4.78 is 0. The van der Waals surface area contributed by atoms with Gasteiger partial charge >= 0.3 is 0 Å². The summed E-state index contributed by atoms with van der Waals surface area (Å²) in [4.78, 5) is 28.3. The van der Waals surface area contributed by atoms with Gasteiger partial charge in [0.15, 0.2) is 0 Å². The van der Waals surface area contributed by atoms with Crippen LogP contribution in [0.15, 0.2) is 40.1 Å². The first-order valence-electron chi connectivity index (χ1n) is 5.02. The van der Waals surface area contributed by atoms with E-state index in [-0.39, 0.29) is 11.1 Å². The van der Waals surface area contributed by atoms with Gasteiger partial charge in [0.1, 0.15) is 0 Å². The van der Waals surface area contributed by atoms with Crippen LogP contribution in [0.4, 0.5) is 0 Å². The second-order valence-corrected chi connectivity index (χ2v) is 3.70. The molecule has 0 amide bonds. The Kier molecular flexibility index (Phi) is 2.72. The third-order valence-electron chi connectivity index (χ3n) is 2.42. The Balaban J connectivity index is 2.39. The standard InChI is InChI=1S/C12H12N2O2/c1-8-4-5-10(12(16)14-8)7-9-3-2-6-13-11(9)15/h2-6H,7H2,1H3,(H,13,15)(H,14,16). The SMILES string of the molecule is Cc1ccc(Cc2ccc[nH]c2=O)c(=O)[nH]1. The molecule has 0 aromatic carbocycles. The molecule has 2 aromatic rings. The number of rotatable bonds is 2. The number of hydrogen-bond donors (Lipinski definition) is 2.